The molecular weight excluding hydrogens is 554 g/mol. The van der Waals surface area contributed by atoms with Gasteiger partial charge in [0, 0.05) is 71.8 Å². The molecule has 9 heteroatoms. The molecule has 9 nitrogen and oxygen atoms in total. The third-order valence-electron chi connectivity index (χ3n) is 9.24. The van der Waals surface area contributed by atoms with E-state index in [0.29, 0.717) is 55.0 Å². The normalized spacial score (nSPS) is 17.2. The Morgan fingerprint density at radius 3 is 2.36 bits per heavy atom. The Balaban J connectivity index is 0.910. The molecule has 0 fully saturated rings. The summed E-state index contributed by atoms with van der Waals surface area (Å²) in [6.07, 6.45) is 11.5. The predicted octanol–water partition coefficient (Wildman–Crippen LogP) is 3.47. The van der Waals surface area contributed by atoms with Gasteiger partial charge in [-0.15, -0.1) is 0 Å². The van der Waals surface area contributed by atoms with E-state index in [2.05, 4.69) is 21.3 Å². The third kappa shape index (κ3) is 4.76. The molecular formula is C35H35N5O4. The summed E-state index contributed by atoms with van der Waals surface area (Å²) in [6.45, 7) is 3.18. The zero-order valence-corrected chi connectivity index (χ0v) is 24.9. The molecule has 0 radical (unpaired) electrons. The molecule has 0 atom stereocenters. The van der Waals surface area contributed by atoms with E-state index in [1.807, 2.05) is 43.5 Å². The number of hydrogen-bond donors (Lipinski definition) is 1. The molecule has 3 heterocycles. The van der Waals surface area contributed by atoms with Gasteiger partial charge >= 0.3 is 0 Å². The van der Waals surface area contributed by atoms with E-state index < -0.39 is 0 Å². The fraction of sp³-hybridized carbons (Fsp3) is 0.343. The van der Waals surface area contributed by atoms with Crippen LogP contribution >= 0.6 is 0 Å². The molecule has 1 N–H and O–H groups in total. The van der Waals surface area contributed by atoms with Gasteiger partial charge in [-0.2, -0.15) is 0 Å². The van der Waals surface area contributed by atoms with Crippen molar-refractivity contribution >= 4 is 45.5 Å². The zero-order valence-electron chi connectivity index (χ0n) is 24.9. The maximum Gasteiger partial charge on any atom is 0.262 e. The number of allylic oxidation sites excluding steroid dienone is 2. The van der Waals surface area contributed by atoms with Crippen molar-refractivity contribution in [2.75, 3.05) is 46.3 Å². The molecule has 0 unspecified atom stereocenters. The van der Waals surface area contributed by atoms with Gasteiger partial charge in [0.15, 0.2) is 0 Å². The first-order chi connectivity index (χ1) is 21.4. The van der Waals surface area contributed by atoms with Crippen LogP contribution in [-0.4, -0.2) is 89.6 Å². The molecule has 4 aliphatic rings. The van der Waals surface area contributed by atoms with Gasteiger partial charge in [-0.25, -0.2) is 0 Å². The van der Waals surface area contributed by atoms with E-state index in [9.17, 15) is 19.2 Å². The average Bonchev–Trinajstić information content (AvgIpc) is 3.04. The smallest absolute Gasteiger partial charge is 0.262 e. The maximum atomic E-state index is 13.7. The number of benzene rings is 2. The molecule has 2 aliphatic carbocycles. The molecule has 2 aliphatic heterocycles. The lowest BCUT2D eigenvalue weighted by Crippen LogP contribution is -2.46. The number of likely N-dealkylation sites (N-methyl/N-ethyl adjacent to an activating group) is 1. The molecule has 224 valence electrons. The van der Waals surface area contributed by atoms with Crippen molar-refractivity contribution in [3.05, 3.63) is 88.3 Å². The van der Waals surface area contributed by atoms with Crippen LogP contribution in [0, 0.1) is 0 Å². The Bertz CT molecular complexity index is 1790. The van der Waals surface area contributed by atoms with Gasteiger partial charge in [0.1, 0.15) is 0 Å². The number of hydrogen-bond acceptors (Lipinski definition) is 7. The fourth-order valence-electron chi connectivity index (χ4n) is 7.00. The van der Waals surface area contributed by atoms with Gasteiger partial charge in [0.2, 0.25) is 0 Å². The number of fused-ring (bicyclic) bond motifs is 2. The highest BCUT2D eigenvalue weighted by molar-refractivity contribution is 6.34. The van der Waals surface area contributed by atoms with Crippen LogP contribution in [0.15, 0.2) is 54.9 Å². The Morgan fingerprint density at radius 1 is 0.795 bits per heavy atom. The highest BCUT2D eigenvalue weighted by Gasteiger charge is 2.39. The largest absolute Gasteiger partial charge is 0.315 e. The Kier molecular flexibility index (Phi) is 7.43. The second-order valence-electron chi connectivity index (χ2n) is 12.0. The van der Waals surface area contributed by atoms with Gasteiger partial charge < -0.3 is 10.2 Å². The van der Waals surface area contributed by atoms with Crippen molar-refractivity contribution in [3.8, 4) is 0 Å². The lowest BCUT2D eigenvalue weighted by molar-refractivity contribution is -0.123. The number of rotatable bonds is 10. The predicted molar refractivity (Wildman–Crippen MR) is 168 cm³/mol. The average molecular weight is 590 g/mol. The van der Waals surface area contributed by atoms with Gasteiger partial charge in [-0.3, -0.25) is 34.0 Å². The number of amides is 4. The van der Waals surface area contributed by atoms with Crippen LogP contribution in [0.1, 0.15) is 62.2 Å². The number of carbonyl (C=O) groups excluding carboxylic acids is 4. The van der Waals surface area contributed by atoms with Crippen molar-refractivity contribution in [1.82, 2.24) is 25.0 Å². The van der Waals surface area contributed by atoms with Crippen LogP contribution in [0.25, 0.3) is 21.9 Å². The SMILES string of the molecule is CN(CCCNCCN1C(=O)C2=CCCc3cccc(c32)C1=O)CCN1C(=O)C2=CCCc3cc4ccncc4c(c32)C1=O. The van der Waals surface area contributed by atoms with Crippen molar-refractivity contribution in [2.24, 2.45) is 0 Å². The third-order valence-corrected chi connectivity index (χ3v) is 9.24. The minimum atomic E-state index is -0.247. The van der Waals surface area contributed by atoms with E-state index in [0.717, 1.165) is 71.7 Å². The van der Waals surface area contributed by atoms with E-state index >= 15 is 0 Å². The molecule has 1 aromatic heterocycles. The quantitative estimate of drug-likeness (QED) is 0.285. The van der Waals surface area contributed by atoms with Crippen molar-refractivity contribution in [2.45, 2.75) is 32.1 Å². The van der Waals surface area contributed by atoms with Gasteiger partial charge in [0.25, 0.3) is 23.6 Å². The number of nitrogens with zero attached hydrogens (tertiary/aromatic N) is 4. The van der Waals surface area contributed by atoms with Crippen LogP contribution in [0.3, 0.4) is 0 Å². The molecule has 0 saturated carbocycles. The molecule has 4 amide bonds. The van der Waals surface area contributed by atoms with E-state index in [-0.39, 0.29) is 23.6 Å². The van der Waals surface area contributed by atoms with Crippen LogP contribution < -0.4 is 5.32 Å². The number of carbonyl (C=O) groups is 4. The Morgan fingerprint density at radius 2 is 1.55 bits per heavy atom. The number of aromatic nitrogens is 1. The monoisotopic (exact) mass is 589 g/mol. The van der Waals surface area contributed by atoms with Crippen molar-refractivity contribution < 1.29 is 19.2 Å². The summed E-state index contributed by atoms with van der Waals surface area (Å²) >= 11 is 0. The first-order valence-corrected chi connectivity index (χ1v) is 15.5. The summed E-state index contributed by atoms with van der Waals surface area (Å²) < 4.78 is 0. The van der Waals surface area contributed by atoms with E-state index in [1.165, 1.54) is 9.80 Å². The van der Waals surface area contributed by atoms with Crippen molar-refractivity contribution in [3.63, 3.8) is 0 Å². The molecule has 2 aromatic carbocycles. The number of nitrogens with one attached hydrogen (secondary N) is 1. The standard InChI is InChI=1S/C35H35N5O4/c1-38(16-5-13-36-15-17-39-32(41)25-9-2-6-22-7-3-10-26(29(22)25)33(39)42)18-19-40-34(43)27-11-4-8-24-20-23-12-14-37-21-28(23)31(30(24)27)35(40)44/h2,6,9-12,14,20-21,36H,3-5,7-8,13,15-19H2,1H3. The summed E-state index contributed by atoms with van der Waals surface area (Å²) in [5.74, 6) is -0.888. The molecule has 0 saturated heterocycles. The summed E-state index contributed by atoms with van der Waals surface area (Å²) in [7, 11) is 1.98. The van der Waals surface area contributed by atoms with Crippen LogP contribution in [0.2, 0.25) is 0 Å². The van der Waals surface area contributed by atoms with Crippen molar-refractivity contribution in [1.29, 1.82) is 0 Å². The Hall–Kier alpha value is -4.47. The van der Waals surface area contributed by atoms with Crippen LogP contribution in [-0.2, 0) is 22.4 Å². The lowest BCUT2D eigenvalue weighted by atomic mass is 9.81. The van der Waals surface area contributed by atoms with E-state index in [4.69, 9.17) is 0 Å². The first kappa shape index (κ1) is 28.3. The Labute approximate surface area is 256 Å². The molecule has 44 heavy (non-hydrogen) atoms. The summed E-state index contributed by atoms with van der Waals surface area (Å²) in [5.41, 5.74) is 6.25. The fourth-order valence-corrected chi connectivity index (χ4v) is 7.00. The maximum absolute atomic E-state index is 13.7. The van der Waals surface area contributed by atoms with Gasteiger partial charge in [-0.05, 0) is 80.9 Å². The topological polar surface area (TPSA) is 103 Å². The van der Waals surface area contributed by atoms with Gasteiger partial charge in [-0.1, -0.05) is 30.4 Å². The van der Waals surface area contributed by atoms with Gasteiger partial charge in [0.05, 0.1) is 5.56 Å². The number of aryl methyl sites for hydroxylation is 2. The van der Waals surface area contributed by atoms with Crippen LogP contribution in [0.5, 0.6) is 0 Å². The summed E-state index contributed by atoms with van der Waals surface area (Å²) in [4.78, 5) is 62.5. The first-order valence-electron chi connectivity index (χ1n) is 15.5. The van der Waals surface area contributed by atoms with E-state index in [1.54, 1.807) is 12.4 Å². The van der Waals surface area contributed by atoms with Crippen LogP contribution in [0.4, 0.5) is 0 Å². The molecule has 0 spiro atoms. The summed E-state index contributed by atoms with van der Waals surface area (Å²) in [6, 6.07) is 9.73. The molecule has 3 aromatic rings. The zero-order chi connectivity index (χ0) is 30.4. The lowest BCUT2D eigenvalue weighted by Gasteiger charge is -2.33. The summed E-state index contributed by atoms with van der Waals surface area (Å²) in [5, 5.41) is 5.12. The second-order valence-corrected chi connectivity index (χ2v) is 12.0. The molecule has 7 rings (SSSR count). The number of pyridine rings is 1. The minimum absolute atomic E-state index is 0.204. The highest BCUT2D eigenvalue weighted by atomic mass is 16.2. The second kappa shape index (κ2) is 11.6. The number of imide groups is 2. The highest BCUT2D eigenvalue weighted by Crippen LogP contribution is 2.39. The molecule has 0 bridgehead atoms. The minimum Gasteiger partial charge on any atom is -0.315 e.